The third-order valence-corrected chi connectivity index (χ3v) is 5.04. The molecular weight excluding hydrogens is 262 g/mol. The average Bonchev–Trinajstić information content (AvgIpc) is 2.72. The molecule has 4 heteroatoms. The highest BCUT2D eigenvalue weighted by Gasteiger charge is 2.22. The number of thiophene rings is 1. The molecule has 2 heterocycles. The summed E-state index contributed by atoms with van der Waals surface area (Å²) < 4.78 is 0. The quantitative estimate of drug-likeness (QED) is 0.842. The lowest BCUT2D eigenvalue weighted by Crippen LogP contribution is -2.39. The van der Waals surface area contributed by atoms with Crippen LogP contribution < -0.4 is 0 Å². The van der Waals surface area contributed by atoms with Gasteiger partial charge in [-0.15, -0.1) is 11.3 Å². The number of hydrogen-bond donors (Lipinski definition) is 1. The van der Waals surface area contributed by atoms with Crippen LogP contribution in [0.3, 0.4) is 0 Å². The number of rotatable bonds is 2. The summed E-state index contributed by atoms with van der Waals surface area (Å²) in [6, 6.07) is 4.21. The van der Waals surface area contributed by atoms with Gasteiger partial charge in [-0.05, 0) is 12.1 Å². The average molecular weight is 281 g/mol. The van der Waals surface area contributed by atoms with Crippen molar-refractivity contribution in [1.82, 2.24) is 4.90 Å². The molecule has 1 aliphatic rings. The molecule has 1 saturated heterocycles. The Morgan fingerprint density at radius 2 is 2.06 bits per heavy atom. The molecule has 0 spiro atoms. The minimum Gasteiger partial charge on any atom is -0.384 e. The van der Waals surface area contributed by atoms with Crippen LogP contribution in [0, 0.1) is 11.8 Å². The Kier molecular flexibility index (Phi) is 5.13. The maximum atomic E-state index is 8.67. The van der Waals surface area contributed by atoms with Gasteiger partial charge in [-0.1, -0.05) is 25.7 Å². The lowest BCUT2D eigenvalue weighted by Gasteiger charge is -2.34. The Hall–Kier alpha value is -0.470. The minimum atomic E-state index is -0.0639. The first-order chi connectivity index (χ1) is 8.67. The molecule has 2 unspecified atom stereocenters. The van der Waals surface area contributed by atoms with Gasteiger partial charge in [-0.25, -0.2) is 0 Å². The number of nitrogens with zero attached hydrogens (tertiary/aromatic N) is 1. The summed E-state index contributed by atoms with van der Waals surface area (Å²) in [5.74, 6) is 5.66. The lowest BCUT2D eigenvalue weighted by atomic mass is 10.3. The van der Waals surface area contributed by atoms with Gasteiger partial charge in [0.2, 0.25) is 0 Å². The molecule has 0 amide bonds. The van der Waals surface area contributed by atoms with Gasteiger partial charge < -0.3 is 5.11 Å². The molecule has 0 radical (unpaired) electrons. The van der Waals surface area contributed by atoms with Crippen LogP contribution in [0.1, 0.15) is 23.6 Å². The molecule has 1 fully saturated rings. The maximum Gasteiger partial charge on any atom is 0.104 e. The fraction of sp³-hybridized carbons (Fsp3) is 0.571. The maximum absolute atomic E-state index is 8.67. The highest BCUT2D eigenvalue weighted by molar-refractivity contribution is 8.00. The molecule has 2 atom stereocenters. The molecule has 0 aromatic carbocycles. The Balaban J connectivity index is 1.94. The molecule has 0 bridgehead atoms. The Labute approximate surface area is 117 Å². The highest BCUT2D eigenvalue weighted by atomic mass is 32.2. The first-order valence-electron chi connectivity index (χ1n) is 6.23. The highest BCUT2D eigenvalue weighted by Crippen LogP contribution is 2.27. The van der Waals surface area contributed by atoms with Crippen LogP contribution >= 0.6 is 23.1 Å². The van der Waals surface area contributed by atoms with Gasteiger partial charge in [0.05, 0.1) is 4.88 Å². The van der Waals surface area contributed by atoms with Crippen molar-refractivity contribution >= 4 is 23.1 Å². The summed E-state index contributed by atoms with van der Waals surface area (Å²) in [6.07, 6.45) is 0. The third kappa shape index (κ3) is 4.03. The fourth-order valence-corrected chi connectivity index (χ4v) is 4.60. The van der Waals surface area contributed by atoms with E-state index in [-0.39, 0.29) is 6.61 Å². The van der Waals surface area contributed by atoms with Gasteiger partial charge in [0.15, 0.2) is 0 Å². The minimum absolute atomic E-state index is 0.0639. The van der Waals surface area contributed by atoms with Crippen molar-refractivity contribution in [3.8, 4) is 11.8 Å². The molecule has 2 rings (SSSR count). The number of thioether (sulfide) groups is 1. The summed E-state index contributed by atoms with van der Waals surface area (Å²) in [7, 11) is 0. The second-order valence-corrected chi connectivity index (χ2v) is 7.73. The van der Waals surface area contributed by atoms with Crippen molar-refractivity contribution in [2.75, 3.05) is 19.7 Å². The van der Waals surface area contributed by atoms with E-state index in [9.17, 15) is 0 Å². The van der Waals surface area contributed by atoms with Gasteiger partial charge in [0.25, 0.3) is 0 Å². The van der Waals surface area contributed by atoms with E-state index in [1.807, 2.05) is 6.07 Å². The predicted molar refractivity (Wildman–Crippen MR) is 80.1 cm³/mol. The van der Waals surface area contributed by atoms with Crippen molar-refractivity contribution in [2.45, 2.75) is 30.9 Å². The molecule has 1 aromatic heterocycles. The summed E-state index contributed by atoms with van der Waals surface area (Å²) in [5.41, 5.74) is 0. The number of aliphatic hydroxyl groups is 1. The van der Waals surface area contributed by atoms with E-state index in [4.69, 9.17) is 5.11 Å². The van der Waals surface area contributed by atoms with E-state index >= 15 is 0 Å². The Morgan fingerprint density at radius 1 is 1.33 bits per heavy atom. The van der Waals surface area contributed by atoms with Gasteiger partial charge in [-0.3, -0.25) is 4.90 Å². The van der Waals surface area contributed by atoms with Gasteiger partial charge in [-0.2, -0.15) is 11.8 Å². The molecule has 98 valence electrons. The van der Waals surface area contributed by atoms with Crippen LogP contribution in [0.2, 0.25) is 0 Å². The van der Waals surface area contributed by atoms with E-state index in [1.165, 1.54) is 18.0 Å². The summed E-state index contributed by atoms with van der Waals surface area (Å²) >= 11 is 3.82. The van der Waals surface area contributed by atoms with Crippen LogP contribution in [0.25, 0.3) is 0 Å². The molecule has 18 heavy (non-hydrogen) atoms. The number of hydrogen-bond acceptors (Lipinski definition) is 4. The zero-order chi connectivity index (χ0) is 13.0. The fourth-order valence-electron chi connectivity index (χ4n) is 2.29. The molecule has 1 aromatic rings. The lowest BCUT2D eigenvalue weighted by molar-refractivity contribution is 0.265. The summed E-state index contributed by atoms with van der Waals surface area (Å²) in [5, 5.41) is 10.1. The zero-order valence-electron chi connectivity index (χ0n) is 10.8. The number of aliphatic hydroxyl groups excluding tert-OH is 1. The topological polar surface area (TPSA) is 23.5 Å². The van der Waals surface area contributed by atoms with Crippen molar-refractivity contribution in [3.05, 3.63) is 21.9 Å². The Bertz CT molecular complexity index is 436. The molecule has 0 saturated carbocycles. The zero-order valence-corrected chi connectivity index (χ0v) is 12.5. The smallest absolute Gasteiger partial charge is 0.104 e. The van der Waals surface area contributed by atoms with Gasteiger partial charge in [0.1, 0.15) is 6.61 Å². The monoisotopic (exact) mass is 281 g/mol. The van der Waals surface area contributed by atoms with E-state index < -0.39 is 0 Å². The van der Waals surface area contributed by atoms with Crippen LogP contribution in [0.4, 0.5) is 0 Å². The first-order valence-corrected chi connectivity index (χ1v) is 7.99. The second kappa shape index (κ2) is 6.63. The molecule has 2 nitrogen and oxygen atoms in total. The normalized spacial score (nSPS) is 24.6. The standard InChI is InChI=1S/C14H19NOS2/c1-11-8-15(9-12(2)17-11)10-14-6-5-13(18-14)4-3-7-16/h5-6,11-12,16H,7-10H2,1-2H3. The van der Waals surface area contributed by atoms with E-state index in [1.54, 1.807) is 11.3 Å². The van der Waals surface area contributed by atoms with Gasteiger partial charge >= 0.3 is 0 Å². The van der Waals surface area contributed by atoms with Crippen LogP contribution in [0.5, 0.6) is 0 Å². The van der Waals surface area contributed by atoms with Crippen LogP contribution in [-0.2, 0) is 6.54 Å². The molecule has 0 aliphatic carbocycles. The van der Waals surface area contributed by atoms with Crippen molar-refractivity contribution in [2.24, 2.45) is 0 Å². The predicted octanol–water partition coefficient (Wildman–Crippen LogP) is 2.42. The largest absolute Gasteiger partial charge is 0.384 e. The molecule has 1 aliphatic heterocycles. The van der Waals surface area contributed by atoms with Crippen LogP contribution in [-0.4, -0.2) is 40.2 Å². The molecule has 1 N–H and O–H groups in total. The van der Waals surface area contributed by atoms with Gasteiger partial charge in [0, 0.05) is 35.0 Å². The SMILES string of the molecule is CC1CN(Cc2ccc(C#CCO)s2)CC(C)S1. The van der Waals surface area contributed by atoms with Crippen molar-refractivity contribution in [1.29, 1.82) is 0 Å². The third-order valence-electron chi connectivity index (χ3n) is 2.83. The van der Waals surface area contributed by atoms with E-state index in [0.29, 0.717) is 0 Å². The van der Waals surface area contributed by atoms with Crippen LogP contribution in [0.15, 0.2) is 12.1 Å². The van der Waals surface area contributed by atoms with E-state index in [0.717, 1.165) is 21.9 Å². The Morgan fingerprint density at radius 3 is 2.72 bits per heavy atom. The molecular formula is C14H19NOS2. The van der Waals surface area contributed by atoms with Crippen molar-refractivity contribution < 1.29 is 5.11 Å². The summed E-state index contributed by atoms with van der Waals surface area (Å²) in [4.78, 5) is 4.94. The first kappa shape index (κ1) is 14.0. The van der Waals surface area contributed by atoms with Crippen molar-refractivity contribution in [3.63, 3.8) is 0 Å². The van der Waals surface area contributed by atoms with E-state index in [2.05, 4.69) is 48.4 Å². The second-order valence-electron chi connectivity index (χ2n) is 4.68. The summed E-state index contributed by atoms with van der Waals surface area (Å²) in [6.45, 7) is 7.92.